The summed E-state index contributed by atoms with van der Waals surface area (Å²) in [5.74, 6) is -0.0947. The van der Waals surface area contributed by atoms with E-state index in [2.05, 4.69) is 0 Å². The monoisotopic (exact) mass is 296 g/mol. The van der Waals surface area contributed by atoms with Gasteiger partial charge in [0.2, 0.25) is 0 Å². The van der Waals surface area contributed by atoms with Crippen LogP contribution < -0.4 is 0 Å². The number of aliphatic hydroxyl groups excluding tert-OH is 1. The van der Waals surface area contributed by atoms with Gasteiger partial charge < -0.3 is 14.9 Å². The summed E-state index contributed by atoms with van der Waals surface area (Å²) in [5, 5.41) is 20.3. The van der Waals surface area contributed by atoms with Crippen molar-refractivity contribution in [3.63, 3.8) is 0 Å². The van der Waals surface area contributed by atoms with Gasteiger partial charge in [0.1, 0.15) is 6.10 Å². The van der Waals surface area contributed by atoms with E-state index in [1.807, 2.05) is 26.8 Å². The first kappa shape index (κ1) is 17.9. The van der Waals surface area contributed by atoms with Gasteiger partial charge in [0.15, 0.2) is 0 Å². The van der Waals surface area contributed by atoms with E-state index < -0.39 is 11.7 Å². The van der Waals surface area contributed by atoms with E-state index in [1.54, 1.807) is 19.1 Å². The van der Waals surface area contributed by atoms with Gasteiger partial charge in [0.05, 0.1) is 11.7 Å². The minimum absolute atomic E-state index is 0.183. The van der Waals surface area contributed by atoms with Crippen molar-refractivity contribution in [3.8, 4) is 0 Å². The number of carbonyl (C=O) groups excluding carboxylic acids is 1. The Morgan fingerprint density at radius 2 is 2.00 bits per heavy atom. The minimum atomic E-state index is -1.06. The van der Waals surface area contributed by atoms with Crippen LogP contribution in [0.3, 0.4) is 0 Å². The molecule has 1 aliphatic heterocycles. The highest BCUT2D eigenvalue weighted by Crippen LogP contribution is 2.21. The van der Waals surface area contributed by atoms with Crippen molar-refractivity contribution >= 4 is 5.97 Å². The second-order valence-electron chi connectivity index (χ2n) is 6.39. The maximum atomic E-state index is 11.8. The van der Waals surface area contributed by atoms with Crippen molar-refractivity contribution in [3.05, 3.63) is 23.8 Å². The molecule has 1 rings (SSSR count). The van der Waals surface area contributed by atoms with Gasteiger partial charge in [-0.2, -0.15) is 0 Å². The van der Waals surface area contributed by atoms with E-state index in [-0.39, 0.29) is 24.4 Å². The molecule has 0 saturated carbocycles. The molecule has 0 fully saturated rings. The molecule has 0 bridgehead atoms. The largest absolute Gasteiger partial charge is 0.462 e. The molecule has 0 aromatic heterocycles. The Balaban J connectivity index is 2.88. The number of aliphatic hydroxyl groups is 2. The number of hydrogen-bond acceptors (Lipinski definition) is 4. The van der Waals surface area contributed by atoms with E-state index in [0.717, 1.165) is 12.0 Å². The van der Waals surface area contributed by atoms with E-state index in [9.17, 15) is 15.0 Å². The molecule has 1 heterocycles. The average Bonchev–Trinajstić information content (AvgIpc) is 2.41. The van der Waals surface area contributed by atoms with Crippen LogP contribution in [0, 0.1) is 5.92 Å². The number of hydrogen-bond donors (Lipinski definition) is 2. The molecule has 0 saturated heterocycles. The van der Waals surface area contributed by atoms with Crippen LogP contribution >= 0.6 is 0 Å². The van der Waals surface area contributed by atoms with Crippen molar-refractivity contribution in [2.75, 3.05) is 0 Å². The Labute approximate surface area is 127 Å². The summed E-state index contributed by atoms with van der Waals surface area (Å²) in [7, 11) is 0. The third kappa shape index (κ3) is 6.44. The lowest BCUT2D eigenvalue weighted by Gasteiger charge is -2.24. The lowest BCUT2D eigenvalue weighted by atomic mass is 9.94. The van der Waals surface area contributed by atoms with Crippen molar-refractivity contribution in [1.29, 1.82) is 0 Å². The Morgan fingerprint density at radius 1 is 1.33 bits per heavy atom. The second-order valence-corrected chi connectivity index (χ2v) is 6.39. The predicted octanol–water partition coefficient (Wildman–Crippen LogP) is 2.74. The normalized spacial score (nSPS) is 39.0. The quantitative estimate of drug-likeness (QED) is 0.675. The fourth-order valence-corrected chi connectivity index (χ4v) is 2.22. The standard InChI is InChI=1S/C17H28O4/c1-12-7-8-15(18)13(2)6-5-10-17(4,20)11-9-16(19)21-14(12)3/h5-6,10,12,14-15,18,20H,7-9,11H2,1-4H3/b10-5?,13-6+/t12-,14+,15?,17+/m0/s1. The van der Waals surface area contributed by atoms with E-state index in [1.165, 1.54) is 0 Å². The molecule has 0 spiro atoms. The molecule has 0 aromatic rings. The Bertz CT molecular complexity index is 409. The van der Waals surface area contributed by atoms with E-state index >= 15 is 0 Å². The number of cyclic esters (lactones) is 1. The fraction of sp³-hybridized carbons (Fsp3) is 0.706. The highest BCUT2D eigenvalue weighted by molar-refractivity contribution is 5.69. The molecule has 21 heavy (non-hydrogen) atoms. The van der Waals surface area contributed by atoms with Crippen molar-refractivity contribution in [2.45, 2.75) is 71.2 Å². The molecule has 4 atom stereocenters. The van der Waals surface area contributed by atoms with Gasteiger partial charge >= 0.3 is 5.97 Å². The highest BCUT2D eigenvalue weighted by atomic mass is 16.5. The predicted molar refractivity (Wildman–Crippen MR) is 82.7 cm³/mol. The molecule has 2 N–H and O–H groups in total. The molecular weight excluding hydrogens is 268 g/mol. The summed E-state index contributed by atoms with van der Waals surface area (Å²) in [6.45, 7) is 7.44. The third-order valence-corrected chi connectivity index (χ3v) is 4.19. The van der Waals surface area contributed by atoms with Gasteiger partial charge in [-0.25, -0.2) is 0 Å². The molecule has 4 nitrogen and oxygen atoms in total. The zero-order chi connectivity index (χ0) is 16.0. The van der Waals surface area contributed by atoms with Gasteiger partial charge in [0, 0.05) is 6.42 Å². The summed E-state index contributed by atoms with van der Waals surface area (Å²) in [6, 6.07) is 0. The fourth-order valence-electron chi connectivity index (χ4n) is 2.22. The third-order valence-electron chi connectivity index (χ3n) is 4.19. The van der Waals surface area contributed by atoms with E-state index in [4.69, 9.17) is 4.74 Å². The lowest BCUT2D eigenvalue weighted by Crippen LogP contribution is -2.26. The molecule has 0 amide bonds. The van der Waals surface area contributed by atoms with Crippen LogP contribution in [0.5, 0.6) is 0 Å². The molecule has 1 aliphatic rings. The Hall–Kier alpha value is -1.13. The topological polar surface area (TPSA) is 66.8 Å². The van der Waals surface area contributed by atoms with Gasteiger partial charge in [-0.15, -0.1) is 0 Å². The second kappa shape index (κ2) is 7.76. The van der Waals surface area contributed by atoms with Crippen LogP contribution in [0.2, 0.25) is 0 Å². The van der Waals surface area contributed by atoms with Crippen LogP contribution in [0.1, 0.15) is 53.4 Å². The van der Waals surface area contributed by atoms with Crippen LogP contribution in [0.15, 0.2) is 23.8 Å². The average molecular weight is 296 g/mol. The molecule has 4 heteroatoms. The number of allylic oxidation sites excluding steroid dienone is 2. The molecule has 1 unspecified atom stereocenters. The van der Waals surface area contributed by atoms with Crippen LogP contribution in [0.4, 0.5) is 0 Å². The van der Waals surface area contributed by atoms with Crippen LogP contribution in [0.25, 0.3) is 0 Å². The summed E-state index contributed by atoms with van der Waals surface area (Å²) in [6.07, 6.45) is 6.45. The maximum absolute atomic E-state index is 11.8. The molecular formula is C17H28O4. The van der Waals surface area contributed by atoms with Crippen molar-refractivity contribution < 1.29 is 19.7 Å². The van der Waals surface area contributed by atoms with Gasteiger partial charge in [-0.1, -0.05) is 25.2 Å². The molecule has 0 aromatic carbocycles. The summed E-state index contributed by atoms with van der Waals surface area (Å²) < 4.78 is 5.39. The number of esters is 1. The smallest absolute Gasteiger partial charge is 0.306 e. The van der Waals surface area contributed by atoms with Gasteiger partial charge in [0.25, 0.3) is 0 Å². The molecule has 120 valence electrons. The van der Waals surface area contributed by atoms with Crippen LogP contribution in [-0.2, 0) is 9.53 Å². The summed E-state index contributed by atoms with van der Waals surface area (Å²) >= 11 is 0. The zero-order valence-electron chi connectivity index (χ0n) is 13.5. The summed E-state index contributed by atoms with van der Waals surface area (Å²) in [4.78, 5) is 11.8. The minimum Gasteiger partial charge on any atom is -0.462 e. The van der Waals surface area contributed by atoms with E-state index in [0.29, 0.717) is 12.8 Å². The van der Waals surface area contributed by atoms with Gasteiger partial charge in [-0.3, -0.25) is 4.79 Å². The Kier molecular flexibility index (Phi) is 6.62. The molecule has 0 aliphatic carbocycles. The maximum Gasteiger partial charge on any atom is 0.306 e. The number of rotatable bonds is 0. The first-order chi connectivity index (χ1) is 9.71. The van der Waals surface area contributed by atoms with Crippen LogP contribution in [-0.4, -0.2) is 34.0 Å². The Morgan fingerprint density at radius 3 is 2.67 bits per heavy atom. The first-order valence-corrected chi connectivity index (χ1v) is 7.67. The lowest BCUT2D eigenvalue weighted by molar-refractivity contribution is -0.151. The zero-order valence-corrected chi connectivity index (χ0v) is 13.5. The number of ether oxygens (including phenoxy) is 1. The highest BCUT2D eigenvalue weighted by Gasteiger charge is 2.22. The van der Waals surface area contributed by atoms with Crippen molar-refractivity contribution in [1.82, 2.24) is 0 Å². The molecule has 0 radical (unpaired) electrons. The SMILES string of the molecule is C/C1=C\C=C[C@@](C)(O)CCC(=O)O[C@H](C)[C@@H](C)CCC1O. The summed E-state index contributed by atoms with van der Waals surface area (Å²) in [5.41, 5.74) is -0.185. The first-order valence-electron chi connectivity index (χ1n) is 7.67. The van der Waals surface area contributed by atoms with Gasteiger partial charge in [-0.05, 0) is 51.5 Å². The number of carbonyl (C=O) groups is 1. The van der Waals surface area contributed by atoms with Crippen molar-refractivity contribution in [2.24, 2.45) is 5.92 Å².